The van der Waals surface area contributed by atoms with E-state index in [1.165, 1.54) is 0 Å². The van der Waals surface area contributed by atoms with Gasteiger partial charge in [-0.15, -0.1) is 0 Å². The van der Waals surface area contributed by atoms with E-state index in [-0.39, 0.29) is 5.95 Å². The number of hydrogen-bond donors (Lipinski definition) is 2. The van der Waals surface area contributed by atoms with E-state index in [0.717, 1.165) is 37.2 Å². The summed E-state index contributed by atoms with van der Waals surface area (Å²) >= 11 is 0. The Morgan fingerprint density at radius 2 is 1.96 bits per heavy atom. The van der Waals surface area contributed by atoms with Gasteiger partial charge in [0.25, 0.3) is 0 Å². The largest absolute Gasteiger partial charge is 0.493 e. The number of ether oxygens (including phenoxy) is 2. The predicted octanol–water partition coefficient (Wildman–Crippen LogP) is 2.89. The molecule has 0 aliphatic heterocycles. The molecule has 1 aromatic heterocycles. The summed E-state index contributed by atoms with van der Waals surface area (Å²) in [6.45, 7) is 8.10. The molecule has 0 aliphatic rings. The first-order valence-electron chi connectivity index (χ1n) is 8.96. The molecule has 0 radical (unpaired) electrons. The normalized spacial score (nSPS) is 10.8. The first-order chi connectivity index (χ1) is 12.6. The van der Waals surface area contributed by atoms with Gasteiger partial charge in [0, 0.05) is 25.4 Å². The molecule has 0 aliphatic carbocycles. The minimum Gasteiger partial charge on any atom is -0.493 e. The lowest BCUT2D eigenvalue weighted by Crippen LogP contribution is -2.25. The zero-order valence-electron chi connectivity index (χ0n) is 16.1. The molecule has 2 rings (SSSR count). The van der Waals surface area contributed by atoms with Crippen molar-refractivity contribution in [3.63, 3.8) is 0 Å². The Hall–Kier alpha value is -2.54. The second-order valence-corrected chi connectivity index (χ2v) is 5.84. The summed E-state index contributed by atoms with van der Waals surface area (Å²) in [6.07, 6.45) is 2.67. The highest BCUT2D eigenvalue weighted by Crippen LogP contribution is 2.34. The van der Waals surface area contributed by atoms with E-state index in [9.17, 15) is 0 Å². The van der Waals surface area contributed by atoms with Crippen LogP contribution < -0.4 is 20.5 Å². The summed E-state index contributed by atoms with van der Waals surface area (Å²) in [5, 5.41) is 3.05. The molecule has 2 aromatic rings. The van der Waals surface area contributed by atoms with Gasteiger partial charge >= 0.3 is 0 Å². The summed E-state index contributed by atoms with van der Waals surface area (Å²) in [4.78, 5) is 10.7. The molecular formula is C19H29N5O2. The summed E-state index contributed by atoms with van der Waals surface area (Å²) in [5.41, 5.74) is 7.47. The molecule has 0 saturated carbocycles. The topological polar surface area (TPSA) is 85.5 Å². The first kappa shape index (κ1) is 19.8. The summed E-state index contributed by atoms with van der Waals surface area (Å²) in [5.74, 6) is 2.33. The van der Waals surface area contributed by atoms with E-state index < -0.39 is 0 Å². The third-order valence-electron chi connectivity index (χ3n) is 4.29. The predicted molar refractivity (Wildman–Crippen MR) is 106 cm³/mol. The fourth-order valence-electron chi connectivity index (χ4n) is 2.76. The molecule has 3 N–H and O–H groups in total. The molecule has 0 spiro atoms. The fourth-order valence-corrected chi connectivity index (χ4v) is 2.76. The third-order valence-corrected chi connectivity index (χ3v) is 4.29. The van der Waals surface area contributed by atoms with Crippen molar-refractivity contribution in [3.8, 4) is 22.6 Å². The molecule has 1 heterocycles. The van der Waals surface area contributed by atoms with E-state index in [1.54, 1.807) is 20.4 Å². The Morgan fingerprint density at radius 3 is 2.62 bits per heavy atom. The van der Waals surface area contributed by atoms with Crippen molar-refractivity contribution in [2.24, 2.45) is 0 Å². The number of hydrogen-bond acceptors (Lipinski definition) is 7. The van der Waals surface area contributed by atoms with Gasteiger partial charge in [-0.25, -0.2) is 4.98 Å². The molecule has 142 valence electrons. The van der Waals surface area contributed by atoms with E-state index in [1.807, 2.05) is 18.2 Å². The van der Waals surface area contributed by atoms with Crippen LogP contribution in [0, 0.1) is 0 Å². The maximum atomic E-state index is 5.99. The molecule has 1 aromatic carbocycles. The Labute approximate surface area is 155 Å². The molecule has 26 heavy (non-hydrogen) atoms. The highest BCUT2D eigenvalue weighted by molar-refractivity contribution is 5.76. The number of nitrogen functional groups attached to an aromatic ring is 1. The molecule has 0 saturated heterocycles. The van der Waals surface area contributed by atoms with E-state index in [4.69, 9.17) is 15.2 Å². The average molecular weight is 359 g/mol. The van der Waals surface area contributed by atoms with Crippen molar-refractivity contribution in [3.05, 3.63) is 24.4 Å². The molecule has 0 fully saturated rings. The monoisotopic (exact) mass is 359 g/mol. The lowest BCUT2D eigenvalue weighted by molar-refractivity contribution is 0.242. The van der Waals surface area contributed by atoms with Gasteiger partial charge in [-0.1, -0.05) is 19.9 Å². The third kappa shape index (κ3) is 4.98. The Bertz CT molecular complexity index is 704. The molecule has 0 amide bonds. The van der Waals surface area contributed by atoms with Crippen LogP contribution in [0.3, 0.4) is 0 Å². The second kappa shape index (κ2) is 9.82. The first-order valence-corrected chi connectivity index (χ1v) is 8.96. The number of nitrogens with two attached hydrogens (primary N) is 1. The molecule has 7 heteroatoms. The van der Waals surface area contributed by atoms with Gasteiger partial charge in [-0.2, -0.15) is 4.98 Å². The average Bonchev–Trinajstić information content (AvgIpc) is 2.67. The Kier molecular flexibility index (Phi) is 7.47. The highest BCUT2D eigenvalue weighted by atomic mass is 16.5. The highest BCUT2D eigenvalue weighted by Gasteiger charge is 2.12. The zero-order valence-corrected chi connectivity index (χ0v) is 16.1. The van der Waals surface area contributed by atoms with Crippen molar-refractivity contribution >= 4 is 11.8 Å². The SMILES string of the molecule is CCN(CC)CCCOc1cc(-c2cnc(N)nc2NC)ccc1OC. The van der Waals surface area contributed by atoms with E-state index in [0.29, 0.717) is 23.9 Å². The minimum absolute atomic E-state index is 0.236. The van der Waals surface area contributed by atoms with Crippen LogP contribution in [0.1, 0.15) is 20.3 Å². The van der Waals surface area contributed by atoms with Gasteiger partial charge in [0.05, 0.1) is 13.7 Å². The molecule has 7 nitrogen and oxygen atoms in total. The summed E-state index contributed by atoms with van der Waals surface area (Å²) in [7, 11) is 3.45. The van der Waals surface area contributed by atoms with Gasteiger partial charge in [-0.3, -0.25) is 0 Å². The zero-order chi connectivity index (χ0) is 18.9. The van der Waals surface area contributed by atoms with Gasteiger partial charge in [0.15, 0.2) is 11.5 Å². The lowest BCUT2D eigenvalue weighted by atomic mass is 10.1. The maximum absolute atomic E-state index is 5.99. The smallest absolute Gasteiger partial charge is 0.221 e. The van der Waals surface area contributed by atoms with E-state index in [2.05, 4.69) is 34.0 Å². The Balaban J connectivity index is 2.15. The molecule has 0 bridgehead atoms. The van der Waals surface area contributed by atoms with E-state index >= 15 is 0 Å². The van der Waals surface area contributed by atoms with Gasteiger partial charge in [0.1, 0.15) is 5.82 Å². The van der Waals surface area contributed by atoms with Gasteiger partial charge in [-0.05, 0) is 37.2 Å². The van der Waals surface area contributed by atoms with Crippen molar-refractivity contribution in [1.29, 1.82) is 0 Å². The number of methoxy groups -OCH3 is 1. The lowest BCUT2D eigenvalue weighted by Gasteiger charge is -2.18. The number of nitrogens with one attached hydrogen (secondary N) is 1. The van der Waals surface area contributed by atoms with Crippen molar-refractivity contribution in [2.75, 3.05) is 51.4 Å². The minimum atomic E-state index is 0.236. The number of nitrogens with zero attached hydrogens (tertiary/aromatic N) is 3. The number of anilines is 2. The van der Waals surface area contributed by atoms with Crippen LogP contribution in [0.15, 0.2) is 24.4 Å². The van der Waals surface area contributed by atoms with Crippen molar-refractivity contribution in [1.82, 2.24) is 14.9 Å². The molecule has 0 atom stereocenters. The quantitative estimate of drug-likeness (QED) is 0.631. The molecule has 0 unspecified atom stereocenters. The summed E-state index contributed by atoms with van der Waals surface area (Å²) < 4.78 is 11.4. The second-order valence-electron chi connectivity index (χ2n) is 5.84. The van der Waals surface area contributed by atoms with Crippen molar-refractivity contribution in [2.45, 2.75) is 20.3 Å². The van der Waals surface area contributed by atoms with Crippen LogP contribution in [-0.4, -0.2) is 55.3 Å². The van der Waals surface area contributed by atoms with Crippen LogP contribution in [0.2, 0.25) is 0 Å². The van der Waals surface area contributed by atoms with Gasteiger partial charge < -0.3 is 25.4 Å². The maximum Gasteiger partial charge on any atom is 0.221 e. The number of aromatic nitrogens is 2. The van der Waals surface area contributed by atoms with Gasteiger partial charge in [0.2, 0.25) is 5.95 Å². The van der Waals surface area contributed by atoms with Crippen LogP contribution in [0.25, 0.3) is 11.1 Å². The van der Waals surface area contributed by atoms with Crippen LogP contribution >= 0.6 is 0 Å². The standard InChI is InChI=1S/C19H29N5O2/c1-5-24(6-2)10-7-11-26-17-12-14(8-9-16(17)25-4)15-13-22-19(20)23-18(15)21-3/h8-9,12-13H,5-7,10-11H2,1-4H3,(H3,20,21,22,23). The van der Waals surface area contributed by atoms with Crippen LogP contribution in [0.4, 0.5) is 11.8 Å². The van der Waals surface area contributed by atoms with Crippen LogP contribution in [0.5, 0.6) is 11.5 Å². The molecular weight excluding hydrogens is 330 g/mol. The Morgan fingerprint density at radius 1 is 1.19 bits per heavy atom. The number of rotatable bonds is 10. The summed E-state index contributed by atoms with van der Waals surface area (Å²) in [6, 6.07) is 5.80. The fraction of sp³-hybridized carbons (Fsp3) is 0.474. The van der Waals surface area contributed by atoms with Crippen LogP contribution in [-0.2, 0) is 0 Å². The number of benzene rings is 1. The van der Waals surface area contributed by atoms with Crippen molar-refractivity contribution < 1.29 is 9.47 Å².